The molecule has 0 fully saturated rings. The average molecular weight is 504 g/mol. The second-order valence-electron chi connectivity index (χ2n) is 9.54. The van der Waals surface area contributed by atoms with E-state index in [1.165, 1.54) is 0 Å². The summed E-state index contributed by atoms with van der Waals surface area (Å²) in [7, 11) is 0. The summed E-state index contributed by atoms with van der Waals surface area (Å²) in [5.74, 6) is 0. The lowest BCUT2D eigenvalue weighted by Gasteiger charge is -2.18. The van der Waals surface area contributed by atoms with Crippen molar-refractivity contribution in [3.05, 3.63) is 145 Å². The Kier molecular flexibility index (Phi) is 3.57. The quantitative estimate of drug-likeness (QED) is 0.219. The molecule has 0 saturated heterocycles. The van der Waals surface area contributed by atoms with Crippen LogP contribution in [0.4, 0.5) is 0 Å². The first kappa shape index (κ1) is 16.0. The molecule has 0 bridgehead atoms. The molecule has 0 N–H and O–H groups in total. The molecule has 0 aliphatic carbocycles. The van der Waals surface area contributed by atoms with E-state index in [4.69, 9.17) is 12.6 Å². The van der Waals surface area contributed by atoms with Gasteiger partial charge in [-0.05, 0) is 73.1 Å². The van der Waals surface area contributed by atoms with Crippen LogP contribution in [0.3, 0.4) is 0 Å². The highest BCUT2D eigenvalue weighted by atomic mass is 16.3. The Hall–Kier alpha value is -5.14. The Balaban J connectivity index is 1.48. The van der Waals surface area contributed by atoms with Crippen molar-refractivity contribution in [2.75, 3.05) is 0 Å². The van der Waals surface area contributed by atoms with E-state index < -0.39 is 12.1 Å². The Morgan fingerprint density at radius 3 is 1.56 bits per heavy atom. The van der Waals surface area contributed by atoms with Gasteiger partial charge in [-0.2, -0.15) is 0 Å². The third-order valence-corrected chi connectivity index (χ3v) is 7.35. The lowest BCUT2D eigenvalue weighted by molar-refractivity contribution is 0.669. The molecule has 1 heteroatoms. The zero-order valence-corrected chi connectivity index (χ0v) is 20.7. The van der Waals surface area contributed by atoms with E-state index in [0.717, 1.165) is 43.8 Å². The minimum absolute atomic E-state index is 0.0458. The topological polar surface area (TPSA) is 13.1 Å². The number of hydrogen-bond donors (Lipinski definition) is 0. The maximum absolute atomic E-state index is 9.46. The predicted molar refractivity (Wildman–Crippen MR) is 165 cm³/mol. The molecule has 0 atom stereocenters. The highest BCUT2D eigenvalue weighted by Gasteiger charge is 2.17. The van der Waals surface area contributed by atoms with Crippen molar-refractivity contribution in [2.45, 2.75) is 0 Å². The molecule has 0 aliphatic rings. The smallest absolute Gasteiger partial charge is 0.135 e. The molecule has 0 aliphatic heterocycles. The maximum Gasteiger partial charge on any atom is 0.135 e. The number of benzene rings is 7. The van der Waals surface area contributed by atoms with Crippen molar-refractivity contribution in [3.8, 4) is 33.4 Å². The van der Waals surface area contributed by atoms with Crippen molar-refractivity contribution < 1.29 is 14.0 Å². The first-order valence-electron chi connectivity index (χ1n) is 16.3. The van der Waals surface area contributed by atoms with Gasteiger partial charge in [0, 0.05) is 10.8 Å². The van der Waals surface area contributed by atoms with Crippen LogP contribution in [0.25, 0.3) is 76.9 Å². The molecule has 0 spiro atoms. The first-order chi connectivity index (χ1) is 22.3. The number of para-hydroxylation sites is 1. The van der Waals surface area contributed by atoms with Gasteiger partial charge in [0.2, 0.25) is 0 Å². The molecule has 1 heterocycles. The summed E-state index contributed by atoms with van der Waals surface area (Å²) in [6.07, 6.45) is 0. The lowest BCUT2D eigenvalue weighted by atomic mass is 9.85. The second kappa shape index (κ2) is 8.72. The van der Waals surface area contributed by atoms with Crippen LogP contribution < -0.4 is 0 Å². The Labute approximate surface area is 236 Å². The van der Waals surface area contributed by atoms with Gasteiger partial charge in [0.1, 0.15) is 11.2 Å². The van der Waals surface area contributed by atoms with Gasteiger partial charge in [-0.1, -0.05) is 127 Å². The zero-order chi connectivity index (χ0) is 31.9. The molecule has 1 aromatic heterocycles. The van der Waals surface area contributed by atoms with E-state index in [1.807, 2.05) is 66.7 Å². The van der Waals surface area contributed by atoms with E-state index in [9.17, 15) is 1.37 Å². The fourth-order valence-electron chi connectivity index (χ4n) is 5.60. The van der Waals surface area contributed by atoms with Gasteiger partial charge in [-0.3, -0.25) is 0 Å². The number of fused-ring (bicyclic) bond motifs is 5. The minimum Gasteiger partial charge on any atom is -0.456 e. The summed E-state index contributed by atoms with van der Waals surface area (Å²) in [5, 5.41) is 3.61. The standard InChI is InChI=1S/C38H24O/c1-2-10-25(11-3-1)26-18-20-27(21-19-26)37-30-13-4-6-15-32(30)38(33-16-7-5-14-31(33)37)28-22-23-36-34(24-28)29-12-8-9-17-35(29)39-36/h1-24H/i8D,9D,12D,17D,22D,23D,24D. The van der Waals surface area contributed by atoms with Gasteiger partial charge < -0.3 is 4.42 Å². The van der Waals surface area contributed by atoms with E-state index in [2.05, 4.69) is 36.4 Å². The highest BCUT2D eigenvalue weighted by Crippen LogP contribution is 2.44. The van der Waals surface area contributed by atoms with E-state index in [1.54, 1.807) is 0 Å². The van der Waals surface area contributed by atoms with Crippen LogP contribution >= 0.6 is 0 Å². The molecule has 8 rings (SSSR count). The van der Waals surface area contributed by atoms with Crippen molar-refractivity contribution >= 4 is 43.5 Å². The van der Waals surface area contributed by atoms with Gasteiger partial charge in [-0.25, -0.2) is 0 Å². The molecule has 7 aromatic carbocycles. The molecule has 0 unspecified atom stereocenters. The van der Waals surface area contributed by atoms with Crippen LogP contribution in [0, 0.1) is 0 Å². The van der Waals surface area contributed by atoms with Crippen LogP contribution in [0.1, 0.15) is 9.60 Å². The van der Waals surface area contributed by atoms with E-state index in [-0.39, 0.29) is 57.7 Å². The van der Waals surface area contributed by atoms with Crippen molar-refractivity contribution in [3.63, 3.8) is 0 Å². The summed E-state index contributed by atoms with van der Waals surface area (Å²) in [5.41, 5.74) is 4.89. The minimum atomic E-state index is -0.453. The number of hydrogen-bond acceptors (Lipinski definition) is 1. The van der Waals surface area contributed by atoms with Gasteiger partial charge in [0.25, 0.3) is 0 Å². The SMILES string of the molecule is [2H]c1c([2H])c([2H])c2c(oc3c([2H])c([2H])c(-c4c5ccccc5c(-c5ccc(-c6ccccc6)cc5)c5ccccc45)c([2H])c32)c1[2H]. The molecular weight excluding hydrogens is 472 g/mol. The third-order valence-electron chi connectivity index (χ3n) is 7.35. The van der Waals surface area contributed by atoms with Crippen molar-refractivity contribution in [2.24, 2.45) is 0 Å². The molecule has 8 aromatic rings. The summed E-state index contributed by atoms with van der Waals surface area (Å²) >= 11 is 0. The summed E-state index contributed by atoms with van der Waals surface area (Å²) in [6, 6.07) is 32.2. The largest absolute Gasteiger partial charge is 0.456 e. The van der Waals surface area contributed by atoms with Gasteiger partial charge in [-0.15, -0.1) is 0 Å². The van der Waals surface area contributed by atoms with E-state index >= 15 is 0 Å². The molecule has 39 heavy (non-hydrogen) atoms. The highest BCUT2D eigenvalue weighted by molar-refractivity contribution is 6.22. The molecule has 0 amide bonds. The van der Waals surface area contributed by atoms with Crippen LogP contribution in [-0.2, 0) is 0 Å². The van der Waals surface area contributed by atoms with Crippen LogP contribution in [0.2, 0.25) is 0 Å². The third kappa shape index (κ3) is 3.48. The zero-order valence-electron chi connectivity index (χ0n) is 27.7. The van der Waals surface area contributed by atoms with E-state index in [0.29, 0.717) is 5.56 Å². The fraction of sp³-hybridized carbons (Fsp3) is 0. The molecule has 0 radical (unpaired) electrons. The second-order valence-corrected chi connectivity index (χ2v) is 9.54. The van der Waals surface area contributed by atoms with Crippen LogP contribution in [0.5, 0.6) is 0 Å². The summed E-state index contributed by atoms with van der Waals surface area (Å²) < 4.78 is 66.8. The van der Waals surface area contributed by atoms with Crippen molar-refractivity contribution in [1.82, 2.24) is 0 Å². The Morgan fingerprint density at radius 1 is 0.385 bits per heavy atom. The number of furan rings is 1. The van der Waals surface area contributed by atoms with Crippen LogP contribution in [-0.4, -0.2) is 0 Å². The fourth-order valence-corrected chi connectivity index (χ4v) is 5.60. The summed E-state index contributed by atoms with van der Waals surface area (Å²) in [6.45, 7) is 0. The van der Waals surface area contributed by atoms with Crippen LogP contribution in [0.15, 0.2) is 150 Å². The van der Waals surface area contributed by atoms with Crippen molar-refractivity contribution in [1.29, 1.82) is 0 Å². The van der Waals surface area contributed by atoms with Gasteiger partial charge in [0.15, 0.2) is 0 Å². The first-order valence-corrected chi connectivity index (χ1v) is 12.8. The molecule has 182 valence electrons. The van der Waals surface area contributed by atoms with Gasteiger partial charge in [0.05, 0.1) is 9.60 Å². The maximum atomic E-state index is 9.46. The molecule has 0 saturated carbocycles. The Bertz CT molecular complexity index is 2480. The Morgan fingerprint density at radius 2 is 0.897 bits per heavy atom. The monoisotopic (exact) mass is 503 g/mol. The molecule has 1 nitrogen and oxygen atoms in total. The van der Waals surface area contributed by atoms with Gasteiger partial charge >= 0.3 is 0 Å². The average Bonchev–Trinajstić information content (AvgIpc) is 3.51. The lowest BCUT2D eigenvalue weighted by Crippen LogP contribution is -1.91. The number of rotatable bonds is 3. The predicted octanol–water partition coefficient (Wildman–Crippen LogP) is 10.9. The summed E-state index contributed by atoms with van der Waals surface area (Å²) in [4.78, 5) is 0. The molecular formula is C38H24O. The normalized spacial score (nSPS) is 14.1.